The Labute approximate surface area is 139 Å². The van der Waals surface area contributed by atoms with Gasteiger partial charge in [-0.15, -0.1) is 0 Å². The average Bonchev–Trinajstić information content (AvgIpc) is 2.88. The molecule has 0 amide bonds. The van der Waals surface area contributed by atoms with E-state index in [1.165, 1.54) is 11.6 Å². The van der Waals surface area contributed by atoms with Gasteiger partial charge >= 0.3 is 5.69 Å². The number of rotatable bonds is 3. The molecule has 0 aliphatic carbocycles. The average molecular weight is 379 g/mol. The molecule has 0 atom stereocenters. The Kier molecular flexibility index (Phi) is 3.85. The molecule has 3 aromatic rings. The van der Waals surface area contributed by atoms with Crippen LogP contribution in [0.15, 0.2) is 38.6 Å². The van der Waals surface area contributed by atoms with Gasteiger partial charge in [0.1, 0.15) is 5.75 Å². The van der Waals surface area contributed by atoms with E-state index in [9.17, 15) is 9.59 Å². The molecule has 0 saturated heterocycles. The van der Waals surface area contributed by atoms with Crippen molar-refractivity contribution in [1.82, 2.24) is 18.7 Å². The fourth-order valence-corrected chi connectivity index (χ4v) is 3.03. The van der Waals surface area contributed by atoms with Gasteiger partial charge in [0.15, 0.2) is 15.9 Å². The predicted octanol–water partition coefficient (Wildman–Crippen LogP) is 1.25. The number of hydrogen-bond donors (Lipinski definition) is 0. The van der Waals surface area contributed by atoms with E-state index in [4.69, 9.17) is 4.74 Å². The van der Waals surface area contributed by atoms with Crippen LogP contribution >= 0.6 is 15.9 Å². The van der Waals surface area contributed by atoms with E-state index < -0.39 is 5.56 Å². The van der Waals surface area contributed by atoms with Gasteiger partial charge in [-0.05, 0) is 33.6 Å². The summed E-state index contributed by atoms with van der Waals surface area (Å²) in [6.45, 7) is 0.453. The van der Waals surface area contributed by atoms with E-state index in [2.05, 4.69) is 20.9 Å². The number of hydrogen-bond acceptors (Lipinski definition) is 4. The topological polar surface area (TPSA) is 71.1 Å². The zero-order valence-electron chi connectivity index (χ0n) is 12.9. The summed E-state index contributed by atoms with van der Waals surface area (Å²) in [5.41, 5.74) is 0.907. The number of aryl methyl sites for hydroxylation is 1. The summed E-state index contributed by atoms with van der Waals surface area (Å²) in [4.78, 5) is 28.7. The van der Waals surface area contributed by atoms with Gasteiger partial charge in [-0.1, -0.05) is 12.1 Å². The standard InChI is InChI=1S/C15H15BrN4O3/c1-18-12-11(13(21)19(2)15(18)22)17-14(16)20(12)8-9-5-4-6-10(7-9)23-3/h4-7H,8H2,1-3H3. The van der Waals surface area contributed by atoms with Crippen LogP contribution in [0.4, 0.5) is 0 Å². The molecule has 1 aromatic carbocycles. The molecule has 0 fully saturated rings. The summed E-state index contributed by atoms with van der Waals surface area (Å²) in [7, 11) is 4.68. The first-order chi connectivity index (χ1) is 10.9. The molecular weight excluding hydrogens is 364 g/mol. The fraction of sp³-hybridized carbons (Fsp3) is 0.267. The van der Waals surface area contributed by atoms with Crippen molar-refractivity contribution in [1.29, 1.82) is 0 Å². The molecule has 0 bridgehead atoms. The zero-order chi connectivity index (χ0) is 16.7. The minimum atomic E-state index is -0.409. The molecular formula is C15H15BrN4O3. The molecule has 120 valence electrons. The number of benzene rings is 1. The number of halogens is 1. The number of imidazole rings is 1. The first-order valence-electron chi connectivity index (χ1n) is 6.88. The van der Waals surface area contributed by atoms with E-state index in [-0.39, 0.29) is 11.2 Å². The van der Waals surface area contributed by atoms with Crippen molar-refractivity contribution in [3.63, 3.8) is 0 Å². The largest absolute Gasteiger partial charge is 0.497 e. The molecule has 3 rings (SSSR count). The van der Waals surface area contributed by atoms with Crippen molar-refractivity contribution in [3.05, 3.63) is 55.4 Å². The van der Waals surface area contributed by atoms with Gasteiger partial charge in [0.05, 0.1) is 13.7 Å². The summed E-state index contributed by atoms with van der Waals surface area (Å²) in [5.74, 6) is 0.743. The Morgan fingerprint density at radius 2 is 1.96 bits per heavy atom. The van der Waals surface area contributed by atoms with Crippen molar-refractivity contribution in [2.24, 2.45) is 14.1 Å². The highest BCUT2D eigenvalue weighted by atomic mass is 79.9. The maximum absolute atomic E-state index is 12.3. The van der Waals surface area contributed by atoms with Crippen molar-refractivity contribution < 1.29 is 4.74 Å². The van der Waals surface area contributed by atoms with E-state index in [1.807, 2.05) is 24.3 Å². The van der Waals surface area contributed by atoms with Gasteiger partial charge in [-0.2, -0.15) is 0 Å². The molecule has 0 spiro atoms. The van der Waals surface area contributed by atoms with Crippen LogP contribution in [0.2, 0.25) is 0 Å². The molecule has 2 aromatic heterocycles. The second-order valence-electron chi connectivity index (χ2n) is 5.20. The van der Waals surface area contributed by atoms with Crippen LogP contribution in [0.25, 0.3) is 11.2 Å². The Hall–Kier alpha value is -2.35. The summed E-state index contributed by atoms with van der Waals surface area (Å²) < 4.78 is 9.98. The molecule has 2 heterocycles. The number of fused-ring (bicyclic) bond motifs is 1. The minimum absolute atomic E-state index is 0.254. The Morgan fingerprint density at radius 1 is 1.22 bits per heavy atom. The minimum Gasteiger partial charge on any atom is -0.497 e. The summed E-state index contributed by atoms with van der Waals surface area (Å²) in [6.07, 6.45) is 0. The van der Waals surface area contributed by atoms with Gasteiger partial charge in [-0.3, -0.25) is 18.5 Å². The summed E-state index contributed by atoms with van der Waals surface area (Å²) >= 11 is 3.38. The molecule has 7 nitrogen and oxygen atoms in total. The second-order valence-corrected chi connectivity index (χ2v) is 5.91. The van der Waals surface area contributed by atoms with Crippen LogP contribution in [0.3, 0.4) is 0 Å². The van der Waals surface area contributed by atoms with E-state index in [1.54, 1.807) is 18.7 Å². The summed E-state index contributed by atoms with van der Waals surface area (Å²) in [5, 5.41) is 0. The Balaban J connectivity index is 2.24. The Bertz CT molecular complexity index is 1020. The maximum Gasteiger partial charge on any atom is 0.332 e. The molecule has 0 saturated carbocycles. The SMILES string of the molecule is COc1cccc(Cn2c(Br)nc3c(=O)n(C)c(=O)n(C)c32)c1. The van der Waals surface area contributed by atoms with Crippen LogP contribution in [0.5, 0.6) is 5.75 Å². The predicted molar refractivity (Wildman–Crippen MR) is 90.0 cm³/mol. The third-order valence-electron chi connectivity index (χ3n) is 3.77. The van der Waals surface area contributed by atoms with Gasteiger partial charge in [0.25, 0.3) is 5.56 Å². The van der Waals surface area contributed by atoms with Crippen LogP contribution in [0.1, 0.15) is 5.56 Å². The number of nitrogens with zero attached hydrogens (tertiary/aromatic N) is 4. The van der Waals surface area contributed by atoms with E-state index in [0.717, 1.165) is 15.9 Å². The van der Waals surface area contributed by atoms with E-state index in [0.29, 0.717) is 16.9 Å². The molecule has 0 radical (unpaired) electrons. The zero-order valence-corrected chi connectivity index (χ0v) is 14.5. The maximum atomic E-state index is 12.3. The highest BCUT2D eigenvalue weighted by Gasteiger charge is 2.17. The lowest BCUT2D eigenvalue weighted by molar-refractivity contribution is 0.414. The number of ether oxygens (including phenoxy) is 1. The first kappa shape index (κ1) is 15.5. The lowest BCUT2D eigenvalue weighted by atomic mass is 10.2. The normalized spacial score (nSPS) is 11.1. The van der Waals surface area contributed by atoms with Gasteiger partial charge in [-0.25, -0.2) is 9.78 Å². The lowest BCUT2D eigenvalue weighted by Crippen LogP contribution is -2.37. The van der Waals surface area contributed by atoms with Crippen molar-refractivity contribution >= 4 is 27.1 Å². The van der Waals surface area contributed by atoms with E-state index >= 15 is 0 Å². The highest BCUT2D eigenvalue weighted by molar-refractivity contribution is 9.10. The first-order valence-corrected chi connectivity index (χ1v) is 7.68. The van der Waals surface area contributed by atoms with Crippen LogP contribution < -0.4 is 16.0 Å². The fourth-order valence-electron chi connectivity index (χ4n) is 2.56. The van der Waals surface area contributed by atoms with Crippen LogP contribution in [0, 0.1) is 0 Å². The molecule has 0 unspecified atom stereocenters. The molecule has 23 heavy (non-hydrogen) atoms. The van der Waals surface area contributed by atoms with Gasteiger partial charge in [0.2, 0.25) is 0 Å². The molecule has 0 N–H and O–H groups in total. The summed E-state index contributed by atoms with van der Waals surface area (Å²) in [6, 6.07) is 7.59. The lowest BCUT2D eigenvalue weighted by Gasteiger charge is -2.10. The molecule has 0 aliphatic heterocycles. The van der Waals surface area contributed by atoms with Gasteiger partial charge < -0.3 is 4.74 Å². The monoisotopic (exact) mass is 378 g/mol. The number of methoxy groups -OCH3 is 1. The molecule has 0 aliphatic rings. The van der Waals surface area contributed by atoms with Gasteiger partial charge in [0, 0.05) is 14.1 Å². The number of aromatic nitrogens is 4. The Morgan fingerprint density at radius 3 is 2.65 bits per heavy atom. The van der Waals surface area contributed by atoms with Crippen molar-refractivity contribution in [2.75, 3.05) is 7.11 Å². The highest BCUT2D eigenvalue weighted by Crippen LogP contribution is 2.20. The third kappa shape index (κ3) is 2.48. The van der Waals surface area contributed by atoms with Crippen LogP contribution in [-0.4, -0.2) is 25.8 Å². The second kappa shape index (κ2) is 5.69. The van der Waals surface area contributed by atoms with Crippen molar-refractivity contribution in [2.45, 2.75) is 6.54 Å². The quantitative estimate of drug-likeness (QED) is 0.643. The molecule has 8 heteroatoms. The third-order valence-corrected chi connectivity index (χ3v) is 4.37. The smallest absolute Gasteiger partial charge is 0.332 e. The van der Waals surface area contributed by atoms with Crippen LogP contribution in [-0.2, 0) is 20.6 Å². The van der Waals surface area contributed by atoms with Crippen molar-refractivity contribution in [3.8, 4) is 5.75 Å².